The van der Waals surface area contributed by atoms with Gasteiger partial charge < -0.3 is 4.74 Å². The summed E-state index contributed by atoms with van der Waals surface area (Å²) < 4.78 is 5.12. The molecule has 0 heterocycles. The Kier molecular flexibility index (Phi) is 2.53. The molecule has 0 aliphatic heterocycles. The van der Waals surface area contributed by atoms with Crippen LogP contribution in [0.25, 0.3) is 0 Å². The van der Waals surface area contributed by atoms with Gasteiger partial charge in [0.1, 0.15) is 5.75 Å². The van der Waals surface area contributed by atoms with Gasteiger partial charge in [-0.3, -0.25) is 0 Å². The van der Waals surface area contributed by atoms with Crippen molar-refractivity contribution in [1.82, 2.24) is 0 Å². The fourth-order valence-electron chi connectivity index (χ4n) is 1.93. The Bertz CT molecular complexity index is 257. The molecule has 1 fully saturated rings. The fraction of sp³-hybridized carbons (Fsp3) is 0.417. The van der Waals surface area contributed by atoms with E-state index in [9.17, 15) is 0 Å². The molecule has 1 unspecified atom stereocenters. The van der Waals surface area contributed by atoms with Gasteiger partial charge >= 0.3 is 0 Å². The minimum absolute atomic E-state index is 0.755. The second-order valence-corrected chi connectivity index (χ2v) is 3.57. The van der Waals surface area contributed by atoms with Crippen LogP contribution in [0.5, 0.6) is 5.75 Å². The topological polar surface area (TPSA) is 9.23 Å². The normalized spacial score (nSPS) is 17.6. The number of benzene rings is 1. The van der Waals surface area contributed by atoms with E-state index in [1.54, 1.807) is 7.11 Å². The molecule has 0 amide bonds. The standard InChI is InChI=1S/C12H15O/c1-13-12-8-6-11(7-9-12)10-4-2-3-5-10/h2,6-10H,3-5H2,1H3. The zero-order chi connectivity index (χ0) is 9.10. The van der Waals surface area contributed by atoms with E-state index >= 15 is 0 Å². The zero-order valence-electron chi connectivity index (χ0n) is 7.99. The quantitative estimate of drug-likeness (QED) is 0.670. The Hall–Kier alpha value is -0.980. The van der Waals surface area contributed by atoms with Crippen LogP contribution in [-0.2, 0) is 0 Å². The van der Waals surface area contributed by atoms with Crippen LogP contribution in [0.3, 0.4) is 0 Å². The van der Waals surface area contributed by atoms with Crippen LogP contribution in [0.1, 0.15) is 30.7 Å². The van der Waals surface area contributed by atoms with Gasteiger partial charge in [0.25, 0.3) is 0 Å². The highest BCUT2D eigenvalue weighted by Crippen LogP contribution is 2.33. The molecule has 0 spiro atoms. The van der Waals surface area contributed by atoms with Gasteiger partial charge in [-0.15, -0.1) is 0 Å². The molecule has 1 heteroatoms. The van der Waals surface area contributed by atoms with Gasteiger partial charge in [-0.05, 0) is 49.3 Å². The third kappa shape index (κ3) is 1.85. The van der Waals surface area contributed by atoms with Crippen molar-refractivity contribution >= 4 is 0 Å². The maximum Gasteiger partial charge on any atom is 0.118 e. The summed E-state index contributed by atoms with van der Waals surface area (Å²) in [6.07, 6.45) is 6.21. The lowest BCUT2D eigenvalue weighted by molar-refractivity contribution is 0.414. The average molecular weight is 175 g/mol. The summed E-state index contributed by atoms with van der Waals surface area (Å²) in [5, 5.41) is 0. The number of hydrogen-bond donors (Lipinski definition) is 0. The van der Waals surface area contributed by atoms with E-state index in [4.69, 9.17) is 4.74 Å². The summed E-state index contributed by atoms with van der Waals surface area (Å²) in [7, 11) is 1.71. The molecular formula is C12H15O. The third-order valence-electron chi connectivity index (χ3n) is 2.76. The molecule has 0 bridgehead atoms. The lowest BCUT2D eigenvalue weighted by Crippen LogP contribution is -1.91. The van der Waals surface area contributed by atoms with Crippen molar-refractivity contribution in [3.63, 3.8) is 0 Å². The Morgan fingerprint density at radius 2 is 2.00 bits per heavy atom. The van der Waals surface area contributed by atoms with E-state index < -0.39 is 0 Å². The number of hydrogen-bond acceptors (Lipinski definition) is 1. The van der Waals surface area contributed by atoms with Gasteiger partial charge in [-0.25, -0.2) is 0 Å². The molecule has 1 saturated carbocycles. The Labute approximate surface area is 79.7 Å². The maximum absolute atomic E-state index is 5.12. The van der Waals surface area contributed by atoms with Crippen LogP contribution in [0.2, 0.25) is 0 Å². The van der Waals surface area contributed by atoms with Crippen molar-refractivity contribution in [3.05, 3.63) is 36.2 Å². The van der Waals surface area contributed by atoms with Crippen molar-refractivity contribution in [2.24, 2.45) is 0 Å². The first kappa shape index (κ1) is 8.61. The van der Waals surface area contributed by atoms with Gasteiger partial charge in [-0.1, -0.05) is 12.1 Å². The van der Waals surface area contributed by atoms with Crippen LogP contribution < -0.4 is 4.74 Å². The molecule has 1 aliphatic rings. The van der Waals surface area contributed by atoms with E-state index in [0.29, 0.717) is 0 Å². The Morgan fingerprint density at radius 1 is 1.23 bits per heavy atom. The number of methoxy groups -OCH3 is 1. The Morgan fingerprint density at radius 3 is 2.54 bits per heavy atom. The van der Waals surface area contributed by atoms with Crippen molar-refractivity contribution < 1.29 is 4.74 Å². The lowest BCUT2D eigenvalue weighted by atomic mass is 9.98. The minimum atomic E-state index is 0.755. The number of ether oxygens (including phenoxy) is 1. The summed E-state index contributed by atoms with van der Waals surface area (Å²) in [5.74, 6) is 1.71. The van der Waals surface area contributed by atoms with Gasteiger partial charge in [0.2, 0.25) is 0 Å². The molecule has 1 aromatic carbocycles. The first-order valence-electron chi connectivity index (χ1n) is 4.86. The monoisotopic (exact) mass is 175 g/mol. The van der Waals surface area contributed by atoms with Crippen LogP contribution in [0.15, 0.2) is 24.3 Å². The molecule has 69 valence electrons. The van der Waals surface area contributed by atoms with Gasteiger partial charge in [0.15, 0.2) is 0 Å². The molecule has 1 atom stereocenters. The number of rotatable bonds is 2. The van der Waals surface area contributed by atoms with E-state index in [2.05, 4.69) is 18.6 Å². The van der Waals surface area contributed by atoms with Gasteiger partial charge in [0, 0.05) is 0 Å². The lowest BCUT2D eigenvalue weighted by Gasteiger charge is -2.09. The average Bonchev–Trinajstić information content (AvgIpc) is 2.71. The zero-order valence-corrected chi connectivity index (χ0v) is 7.99. The first-order chi connectivity index (χ1) is 6.40. The molecule has 1 aliphatic carbocycles. The van der Waals surface area contributed by atoms with Crippen LogP contribution in [-0.4, -0.2) is 7.11 Å². The molecule has 1 aromatic rings. The third-order valence-corrected chi connectivity index (χ3v) is 2.76. The van der Waals surface area contributed by atoms with Crippen molar-refractivity contribution in [2.45, 2.75) is 25.2 Å². The summed E-state index contributed by atoms with van der Waals surface area (Å²) in [6, 6.07) is 8.46. The molecule has 13 heavy (non-hydrogen) atoms. The first-order valence-corrected chi connectivity index (χ1v) is 4.86. The predicted octanol–water partition coefficient (Wildman–Crippen LogP) is 3.17. The SMILES string of the molecule is COc1ccc(C2C[CH]CC2)cc1. The molecule has 0 saturated heterocycles. The van der Waals surface area contributed by atoms with Crippen LogP contribution >= 0.6 is 0 Å². The summed E-state index contributed by atoms with van der Waals surface area (Å²) in [6.45, 7) is 0. The highest BCUT2D eigenvalue weighted by molar-refractivity contribution is 5.30. The van der Waals surface area contributed by atoms with E-state index in [-0.39, 0.29) is 0 Å². The van der Waals surface area contributed by atoms with Gasteiger partial charge in [-0.2, -0.15) is 0 Å². The Balaban J connectivity index is 2.12. The maximum atomic E-state index is 5.12. The van der Waals surface area contributed by atoms with E-state index in [1.165, 1.54) is 24.8 Å². The molecular weight excluding hydrogens is 160 g/mol. The van der Waals surface area contributed by atoms with Gasteiger partial charge in [0.05, 0.1) is 7.11 Å². The molecule has 1 radical (unpaired) electrons. The molecule has 0 N–H and O–H groups in total. The van der Waals surface area contributed by atoms with E-state index in [0.717, 1.165) is 11.7 Å². The second-order valence-electron chi connectivity index (χ2n) is 3.57. The smallest absolute Gasteiger partial charge is 0.118 e. The molecule has 1 nitrogen and oxygen atoms in total. The van der Waals surface area contributed by atoms with Crippen molar-refractivity contribution in [1.29, 1.82) is 0 Å². The summed E-state index contributed by atoms with van der Waals surface area (Å²) in [4.78, 5) is 0. The minimum Gasteiger partial charge on any atom is -0.497 e. The van der Waals surface area contributed by atoms with Crippen LogP contribution in [0, 0.1) is 6.42 Å². The van der Waals surface area contributed by atoms with Crippen molar-refractivity contribution in [2.75, 3.05) is 7.11 Å². The van der Waals surface area contributed by atoms with E-state index in [1.807, 2.05) is 12.1 Å². The predicted molar refractivity (Wildman–Crippen MR) is 53.9 cm³/mol. The van der Waals surface area contributed by atoms with Crippen LogP contribution in [0.4, 0.5) is 0 Å². The summed E-state index contributed by atoms with van der Waals surface area (Å²) >= 11 is 0. The summed E-state index contributed by atoms with van der Waals surface area (Å²) in [5.41, 5.74) is 1.45. The fourth-order valence-corrected chi connectivity index (χ4v) is 1.93. The molecule has 2 rings (SSSR count). The molecule has 0 aromatic heterocycles. The van der Waals surface area contributed by atoms with Crippen molar-refractivity contribution in [3.8, 4) is 5.75 Å². The highest BCUT2D eigenvalue weighted by atomic mass is 16.5. The second kappa shape index (κ2) is 3.82. The largest absolute Gasteiger partial charge is 0.497 e. The highest BCUT2D eigenvalue weighted by Gasteiger charge is 2.16.